The van der Waals surface area contributed by atoms with E-state index in [1.165, 1.54) is 29.2 Å². The first kappa shape index (κ1) is 17.0. The quantitative estimate of drug-likeness (QED) is 0.775. The number of tetrazole rings is 1. The van der Waals surface area contributed by atoms with Crippen LogP contribution in [0.1, 0.15) is 19.4 Å². The second-order valence-electron chi connectivity index (χ2n) is 6.00. The van der Waals surface area contributed by atoms with Gasteiger partial charge in [0.15, 0.2) is 0 Å². The lowest BCUT2D eigenvalue weighted by Crippen LogP contribution is -2.35. The van der Waals surface area contributed by atoms with E-state index in [0.717, 1.165) is 5.56 Å². The number of hydrogen-bond acceptors (Lipinski definition) is 4. The number of aromatic nitrogens is 4. The molecule has 128 valence electrons. The van der Waals surface area contributed by atoms with E-state index in [1.807, 2.05) is 0 Å². The normalized spacial score (nSPS) is 11.4. The van der Waals surface area contributed by atoms with Crippen molar-refractivity contribution < 1.29 is 9.18 Å². The number of anilines is 1. The second-order valence-corrected chi connectivity index (χ2v) is 6.44. The van der Waals surface area contributed by atoms with Gasteiger partial charge in [0.05, 0.1) is 16.8 Å². The summed E-state index contributed by atoms with van der Waals surface area (Å²) in [5.41, 5.74) is 0.486. The van der Waals surface area contributed by atoms with Crippen molar-refractivity contribution in [3.8, 4) is 5.69 Å². The standard InChI is InChI=1S/C17H15ClFN5O/c1-17(2,11-3-5-12(18)6-4-11)16(25)21-15-9-13(7-8-14(15)19)24-10-20-22-23-24/h3-10H,1-2H3,(H,21,25). The van der Waals surface area contributed by atoms with Crippen molar-refractivity contribution in [2.24, 2.45) is 0 Å². The van der Waals surface area contributed by atoms with E-state index in [4.69, 9.17) is 11.6 Å². The van der Waals surface area contributed by atoms with Crippen LogP contribution in [0.4, 0.5) is 10.1 Å². The highest BCUT2D eigenvalue weighted by atomic mass is 35.5. The second kappa shape index (κ2) is 6.60. The Morgan fingerprint density at radius 2 is 1.92 bits per heavy atom. The molecule has 25 heavy (non-hydrogen) atoms. The molecule has 0 aliphatic carbocycles. The first-order valence-electron chi connectivity index (χ1n) is 7.48. The molecule has 0 aliphatic heterocycles. The fraction of sp³-hybridized carbons (Fsp3) is 0.176. The highest BCUT2D eigenvalue weighted by molar-refractivity contribution is 6.30. The first-order chi connectivity index (χ1) is 11.9. The van der Waals surface area contributed by atoms with Gasteiger partial charge in [-0.05, 0) is 60.2 Å². The molecule has 1 aromatic heterocycles. The number of hydrogen-bond donors (Lipinski definition) is 1. The number of nitrogens with one attached hydrogen (secondary N) is 1. The average Bonchev–Trinajstić information content (AvgIpc) is 3.11. The molecular formula is C17H15ClFN5O. The first-order valence-corrected chi connectivity index (χ1v) is 7.86. The Hall–Kier alpha value is -2.80. The van der Waals surface area contributed by atoms with Crippen molar-refractivity contribution in [3.63, 3.8) is 0 Å². The SMILES string of the molecule is CC(C)(C(=O)Nc1cc(-n2cnnn2)ccc1F)c1ccc(Cl)cc1. The van der Waals surface area contributed by atoms with E-state index < -0.39 is 11.2 Å². The third-order valence-electron chi connectivity index (χ3n) is 3.95. The summed E-state index contributed by atoms with van der Waals surface area (Å²) in [5, 5.41) is 14.0. The monoisotopic (exact) mass is 359 g/mol. The van der Waals surface area contributed by atoms with Crippen LogP contribution in [0.3, 0.4) is 0 Å². The van der Waals surface area contributed by atoms with Gasteiger partial charge in [0.2, 0.25) is 5.91 Å². The van der Waals surface area contributed by atoms with Crippen LogP contribution in [-0.4, -0.2) is 26.1 Å². The minimum Gasteiger partial charge on any atom is -0.323 e. The molecule has 8 heteroatoms. The van der Waals surface area contributed by atoms with Gasteiger partial charge in [-0.15, -0.1) is 5.10 Å². The van der Waals surface area contributed by atoms with Crippen LogP contribution in [0, 0.1) is 5.82 Å². The van der Waals surface area contributed by atoms with Crippen molar-refractivity contribution >= 4 is 23.2 Å². The number of amides is 1. The number of benzene rings is 2. The zero-order valence-corrected chi connectivity index (χ0v) is 14.3. The van der Waals surface area contributed by atoms with Crippen molar-refractivity contribution in [2.75, 3.05) is 5.32 Å². The number of carbonyl (C=O) groups excluding carboxylic acids is 1. The number of carbonyl (C=O) groups is 1. The van der Waals surface area contributed by atoms with Gasteiger partial charge in [0.25, 0.3) is 0 Å². The third kappa shape index (κ3) is 3.51. The summed E-state index contributed by atoms with van der Waals surface area (Å²) >= 11 is 5.89. The molecule has 2 aromatic carbocycles. The summed E-state index contributed by atoms with van der Waals surface area (Å²) in [6, 6.07) is 11.2. The van der Waals surface area contributed by atoms with E-state index in [1.54, 1.807) is 38.1 Å². The summed E-state index contributed by atoms with van der Waals surface area (Å²) in [4.78, 5) is 12.7. The maximum atomic E-state index is 14.1. The Kier molecular flexibility index (Phi) is 4.50. The van der Waals surface area contributed by atoms with E-state index in [2.05, 4.69) is 20.8 Å². The lowest BCUT2D eigenvalue weighted by molar-refractivity contribution is -0.120. The number of halogens is 2. The van der Waals surface area contributed by atoms with Crippen LogP contribution >= 0.6 is 11.6 Å². The molecule has 0 spiro atoms. The van der Waals surface area contributed by atoms with E-state index in [9.17, 15) is 9.18 Å². The maximum Gasteiger partial charge on any atom is 0.234 e. The summed E-state index contributed by atoms with van der Waals surface area (Å²) in [6.07, 6.45) is 1.39. The van der Waals surface area contributed by atoms with Crippen molar-refractivity contribution in [3.05, 3.63) is 65.2 Å². The van der Waals surface area contributed by atoms with Crippen molar-refractivity contribution in [1.82, 2.24) is 20.2 Å². The molecule has 1 N–H and O–H groups in total. The Balaban J connectivity index is 1.87. The third-order valence-corrected chi connectivity index (χ3v) is 4.20. The largest absolute Gasteiger partial charge is 0.323 e. The van der Waals surface area contributed by atoms with Gasteiger partial charge in [-0.1, -0.05) is 23.7 Å². The van der Waals surface area contributed by atoms with Gasteiger partial charge < -0.3 is 5.32 Å². The summed E-state index contributed by atoms with van der Waals surface area (Å²) in [7, 11) is 0. The van der Waals surface area contributed by atoms with Gasteiger partial charge in [-0.2, -0.15) is 0 Å². The van der Waals surface area contributed by atoms with Gasteiger partial charge >= 0.3 is 0 Å². The Bertz CT molecular complexity index is 894. The average molecular weight is 360 g/mol. The topological polar surface area (TPSA) is 72.7 Å². The van der Waals surface area contributed by atoms with Gasteiger partial charge in [0, 0.05) is 5.02 Å². The molecule has 0 unspecified atom stereocenters. The molecule has 1 heterocycles. The molecule has 0 bridgehead atoms. The van der Waals surface area contributed by atoms with Gasteiger partial charge in [0.1, 0.15) is 12.1 Å². The zero-order chi connectivity index (χ0) is 18.0. The lowest BCUT2D eigenvalue weighted by Gasteiger charge is -2.24. The van der Waals surface area contributed by atoms with Crippen molar-refractivity contribution in [2.45, 2.75) is 19.3 Å². The Labute approximate surface area is 148 Å². The smallest absolute Gasteiger partial charge is 0.234 e. The molecule has 0 aliphatic rings. The molecule has 3 rings (SSSR count). The number of rotatable bonds is 4. The van der Waals surface area contributed by atoms with E-state index in [0.29, 0.717) is 10.7 Å². The van der Waals surface area contributed by atoms with Crippen LogP contribution in [-0.2, 0) is 10.2 Å². The molecule has 0 atom stereocenters. The van der Waals surface area contributed by atoms with Crippen LogP contribution in [0.25, 0.3) is 5.69 Å². The fourth-order valence-corrected chi connectivity index (χ4v) is 2.43. The van der Waals surface area contributed by atoms with Crippen LogP contribution in [0.2, 0.25) is 5.02 Å². The molecule has 0 fully saturated rings. The molecule has 0 saturated heterocycles. The fourth-order valence-electron chi connectivity index (χ4n) is 2.31. The highest BCUT2D eigenvalue weighted by Gasteiger charge is 2.30. The van der Waals surface area contributed by atoms with Gasteiger partial charge in [-0.3, -0.25) is 4.79 Å². The van der Waals surface area contributed by atoms with E-state index in [-0.39, 0.29) is 11.6 Å². The summed E-state index contributed by atoms with van der Waals surface area (Å²) < 4.78 is 15.5. The highest BCUT2D eigenvalue weighted by Crippen LogP contribution is 2.27. The Morgan fingerprint density at radius 3 is 2.56 bits per heavy atom. The predicted octanol–water partition coefficient (Wildman–Crippen LogP) is 3.37. The molecule has 1 amide bonds. The lowest BCUT2D eigenvalue weighted by atomic mass is 9.83. The van der Waals surface area contributed by atoms with E-state index >= 15 is 0 Å². The van der Waals surface area contributed by atoms with Crippen LogP contribution in [0.5, 0.6) is 0 Å². The Morgan fingerprint density at radius 1 is 1.20 bits per heavy atom. The summed E-state index contributed by atoms with van der Waals surface area (Å²) in [6.45, 7) is 3.52. The minimum atomic E-state index is -0.873. The van der Waals surface area contributed by atoms with Gasteiger partial charge in [-0.25, -0.2) is 9.07 Å². The zero-order valence-electron chi connectivity index (χ0n) is 13.6. The van der Waals surface area contributed by atoms with Crippen LogP contribution in [0.15, 0.2) is 48.8 Å². The molecular weight excluding hydrogens is 345 g/mol. The number of nitrogens with zero attached hydrogens (tertiary/aromatic N) is 4. The summed E-state index contributed by atoms with van der Waals surface area (Å²) in [5.74, 6) is -0.889. The molecule has 3 aromatic rings. The van der Waals surface area contributed by atoms with Crippen LogP contribution < -0.4 is 5.32 Å². The van der Waals surface area contributed by atoms with Crippen molar-refractivity contribution in [1.29, 1.82) is 0 Å². The predicted molar refractivity (Wildman–Crippen MR) is 92.2 cm³/mol. The maximum absolute atomic E-state index is 14.1. The molecule has 6 nitrogen and oxygen atoms in total. The molecule has 0 radical (unpaired) electrons. The molecule has 0 saturated carbocycles. The minimum absolute atomic E-state index is 0.0556.